The number of rotatable bonds is 7. The third-order valence-electron chi connectivity index (χ3n) is 3.38. The molecule has 0 radical (unpaired) electrons. The van der Waals surface area contributed by atoms with Crippen molar-refractivity contribution in [2.75, 3.05) is 22.9 Å². The number of carbonyl (C=O) groups excluding carboxylic acids is 1. The summed E-state index contributed by atoms with van der Waals surface area (Å²) in [4.78, 5) is 11.9. The first-order valence-corrected chi connectivity index (χ1v) is 9.90. The van der Waals surface area contributed by atoms with Crippen molar-refractivity contribution in [2.45, 2.75) is 6.54 Å². The van der Waals surface area contributed by atoms with E-state index in [9.17, 15) is 13.2 Å². The maximum absolute atomic E-state index is 12.1. The number of hydrogen-bond acceptors (Lipinski definition) is 4. The Morgan fingerprint density at radius 3 is 2.25 bits per heavy atom. The van der Waals surface area contributed by atoms with Crippen LogP contribution in [-0.2, 0) is 16.6 Å². The Balaban J connectivity index is 2.23. The molecule has 0 aliphatic rings. The topological polar surface area (TPSA) is 66.5 Å². The van der Waals surface area contributed by atoms with Crippen LogP contribution in [0.4, 0.5) is 5.69 Å². The molecule has 1 amide bonds. The van der Waals surface area contributed by atoms with E-state index in [1.165, 1.54) is 10.6 Å². The van der Waals surface area contributed by atoms with Gasteiger partial charge in [0, 0.05) is 17.9 Å². The number of amides is 1. The second-order valence-corrected chi connectivity index (χ2v) is 7.64. The zero-order valence-corrected chi connectivity index (χ0v) is 15.1. The largest absolute Gasteiger partial charge is 0.351 e. The minimum Gasteiger partial charge on any atom is -0.351 e. The van der Waals surface area contributed by atoms with Gasteiger partial charge in [0.1, 0.15) is 0 Å². The Kier molecular flexibility index (Phi) is 6.28. The van der Waals surface area contributed by atoms with E-state index in [0.717, 1.165) is 5.56 Å². The van der Waals surface area contributed by atoms with Gasteiger partial charge >= 0.3 is 0 Å². The van der Waals surface area contributed by atoms with Gasteiger partial charge in [-0.15, -0.1) is 0 Å². The standard InChI is InChI=1S/C17H20N2O3S2/c1-24(21,22)19(13-14-5-3-2-4-6-14)16-9-7-15(8-10-16)17(20)18-11-12-23/h2-10,23H,11-13H2,1H3,(H,18,20). The Morgan fingerprint density at radius 1 is 1.08 bits per heavy atom. The average molecular weight is 364 g/mol. The van der Waals surface area contributed by atoms with Crippen molar-refractivity contribution >= 4 is 34.2 Å². The first-order valence-electron chi connectivity index (χ1n) is 7.42. The van der Waals surface area contributed by atoms with Gasteiger partial charge in [-0.1, -0.05) is 30.3 Å². The van der Waals surface area contributed by atoms with E-state index in [1.54, 1.807) is 24.3 Å². The van der Waals surface area contributed by atoms with Crippen LogP contribution in [0.2, 0.25) is 0 Å². The second-order valence-electron chi connectivity index (χ2n) is 5.28. The molecule has 24 heavy (non-hydrogen) atoms. The van der Waals surface area contributed by atoms with Crippen LogP contribution in [0, 0.1) is 0 Å². The SMILES string of the molecule is CS(=O)(=O)N(Cc1ccccc1)c1ccc(C(=O)NCCS)cc1. The molecule has 0 unspecified atom stereocenters. The lowest BCUT2D eigenvalue weighted by molar-refractivity contribution is 0.0956. The monoisotopic (exact) mass is 364 g/mol. The van der Waals surface area contributed by atoms with Crippen LogP contribution in [0.5, 0.6) is 0 Å². The molecule has 2 aromatic carbocycles. The fraction of sp³-hybridized carbons (Fsp3) is 0.235. The minimum atomic E-state index is -3.44. The van der Waals surface area contributed by atoms with Crippen LogP contribution in [-0.4, -0.2) is 32.9 Å². The third-order valence-corrected chi connectivity index (χ3v) is 4.75. The molecule has 0 atom stereocenters. The molecule has 1 N–H and O–H groups in total. The van der Waals surface area contributed by atoms with Gasteiger partial charge in [0.25, 0.3) is 5.91 Å². The maximum Gasteiger partial charge on any atom is 0.251 e. The van der Waals surface area contributed by atoms with Crippen LogP contribution in [0.15, 0.2) is 54.6 Å². The van der Waals surface area contributed by atoms with Gasteiger partial charge in [0.15, 0.2) is 0 Å². The van der Waals surface area contributed by atoms with Crippen LogP contribution in [0.1, 0.15) is 15.9 Å². The summed E-state index contributed by atoms with van der Waals surface area (Å²) in [5.41, 5.74) is 1.89. The summed E-state index contributed by atoms with van der Waals surface area (Å²) in [6.45, 7) is 0.720. The molecule has 2 aromatic rings. The summed E-state index contributed by atoms with van der Waals surface area (Å²) >= 11 is 4.04. The molecule has 0 heterocycles. The Morgan fingerprint density at radius 2 is 1.71 bits per heavy atom. The second kappa shape index (κ2) is 8.21. The molecule has 0 spiro atoms. The fourth-order valence-corrected chi connectivity index (χ4v) is 3.20. The minimum absolute atomic E-state index is 0.204. The number of anilines is 1. The first-order chi connectivity index (χ1) is 11.4. The zero-order valence-electron chi connectivity index (χ0n) is 13.3. The summed E-state index contributed by atoms with van der Waals surface area (Å²) in [6.07, 6.45) is 1.17. The van der Waals surface area contributed by atoms with Crippen LogP contribution >= 0.6 is 12.6 Å². The molecule has 0 saturated heterocycles. The van der Waals surface area contributed by atoms with Crippen molar-refractivity contribution in [1.29, 1.82) is 0 Å². The molecule has 0 aromatic heterocycles. The van der Waals surface area contributed by atoms with E-state index in [4.69, 9.17) is 0 Å². The molecule has 2 rings (SSSR count). The van der Waals surface area contributed by atoms with E-state index in [2.05, 4.69) is 17.9 Å². The van der Waals surface area contributed by atoms with Crippen molar-refractivity contribution < 1.29 is 13.2 Å². The highest BCUT2D eigenvalue weighted by atomic mass is 32.2. The summed E-state index contributed by atoms with van der Waals surface area (Å²) in [5, 5.41) is 2.72. The van der Waals surface area contributed by atoms with Gasteiger partial charge in [0.2, 0.25) is 10.0 Å². The van der Waals surface area contributed by atoms with E-state index in [1.807, 2.05) is 30.3 Å². The predicted octanol–water partition coefficient (Wildman–Crippen LogP) is 2.31. The maximum atomic E-state index is 12.1. The van der Waals surface area contributed by atoms with Gasteiger partial charge in [-0.05, 0) is 29.8 Å². The van der Waals surface area contributed by atoms with Crippen LogP contribution in [0.25, 0.3) is 0 Å². The average Bonchev–Trinajstić information content (AvgIpc) is 2.57. The molecular weight excluding hydrogens is 344 g/mol. The van der Waals surface area contributed by atoms with Crippen molar-refractivity contribution in [1.82, 2.24) is 5.32 Å². The molecule has 0 aliphatic heterocycles. The lowest BCUT2D eigenvalue weighted by Crippen LogP contribution is -2.29. The molecule has 0 saturated carbocycles. The fourth-order valence-electron chi connectivity index (χ4n) is 2.20. The van der Waals surface area contributed by atoms with Crippen molar-refractivity contribution in [3.63, 3.8) is 0 Å². The van der Waals surface area contributed by atoms with Gasteiger partial charge in [-0.2, -0.15) is 12.6 Å². The van der Waals surface area contributed by atoms with E-state index >= 15 is 0 Å². The number of sulfonamides is 1. The van der Waals surface area contributed by atoms with Gasteiger partial charge in [-0.25, -0.2) is 8.42 Å². The van der Waals surface area contributed by atoms with E-state index < -0.39 is 10.0 Å². The molecule has 0 fully saturated rings. The molecular formula is C17H20N2O3S2. The van der Waals surface area contributed by atoms with Gasteiger partial charge < -0.3 is 5.32 Å². The molecule has 5 nitrogen and oxygen atoms in total. The quantitative estimate of drug-likeness (QED) is 0.741. The summed E-state index contributed by atoms with van der Waals surface area (Å²) in [5.74, 6) is 0.354. The number of benzene rings is 2. The normalized spacial score (nSPS) is 11.1. The highest BCUT2D eigenvalue weighted by Crippen LogP contribution is 2.21. The Hall–Kier alpha value is -1.99. The van der Waals surface area contributed by atoms with Gasteiger partial charge in [-0.3, -0.25) is 9.10 Å². The Bertz CT molecular complexity index is 775. The smallest absolute Gasteiger partial charge is 0.251 e. The summed E-state index contributed by atoms with van der Waals surface area (Å²) < 4.78 is 25.6. The van der Waals surface area contributed by atoms with E-state index in [0.29, 0.717) is 23.5 Å². The lowest BCUT2D eigenvalue weighted by Gasteiger charge is -2.22. The first kappa shape index (κ1) is 18.4. The van der Waals surface area contributed by atoms with Crippen molar-refractivity contribution in [2.24, 2.45) is 0 Å². The number of nitrogens with zero attached hydrogens (tertiary/aromatic N) is 1. The Labute approximate surface area is 148 Å². The molecule has 0 aliphatic carbocycles. The van der Waals surface area contributed by atoms with Crippen molar-refractivity contribution in [3.05, 3.63) is 65.7 Å². The number of hydrogen-bond donors (Lipinski definition) is 2. The number of thiol groups is 1. The molecule has 0 bridgehead atoms. The van der Waals surface area contributed by atoms with E-state index in [-0.39, 0.29) is 12.5 Å². The summed E-state index contributed by atoms with van der Waals surface area (Å²) in [7, 11) is -3.44. The van der Waals surface area contributed by atoms with Crippen molar-refractivity contribution in [3.8, 4) is 0 Å². The number of nitrogens with one attached hydrogen (secondary N) is 1. The van der Waals surface area contributed by atoms with Gasteiger partial charge in [0.05, 0.1) is 18.5 Å². The van der Waals surface area contributed by atoms with Crippen LogP contribution in [0.3, 0.4) is 0 Å². The highest BCUT2D eigenvalue weighted by molar-refractivity contribution is 7.92. The predicted molar refractivity (Wildman–Crippen MR) is 100 cm³/mol. The molecule has 128 valence electrons. The molecule has 7 heteroatoms. The summed E-state index contributed by atoms with van der Waals surface area (Å²) in [6, 6.07) is 15.9. The number of carbonyl (C=O) groups is 1. The lowest BCUT2D eigenvalue weighted by atomic mass is 10.2. The van der Waals surface area contributed by atoms with Crippen LogP contribution < -0.4 is 9.62 Å². The third kappa shape index (κ3) is 5.01. The zero-order chi connectivity index (χ0) is 17.6. The highest BCUT2D eigenvalue weighted by Gasteiger charge is 2.18.